The molecule has 0 fully saturated rings. The SMILES string of the molecule is CC(C)(C)c1c2ccccc2c(-c2cccc3ccccc23)c2ccc(-c3ccc4c(c3)C(C)(C)c3ccc5ccccc5c3-4)cc12. The van der Waals surface area contributed by atoms with E-state index in [2.05, 4.69) is 174 Å². The third-order valence-corrected chi connectivity index (χ3v) is 10.7. The standard InChI is InChI=1S/C47H38/c1-46(2,3)45-38-19-11-10-18-36(38)43(35-20-12-15-29-13-6-8-16-33(29)35)37-24-21-31(27-40(37)45)32-22-25-39-42(28-32)47(4,5)41-26-23-30-14-7-9-17-34(30)44(39)41/h6-28H,1-5H3. The molecule has 0 spiro atoms. The molecule has 0 saturated heterocycles. The Morgan fingerprint density at radius 1 is 0.404 bits per heavy atom. The quantitative estimate of drug-likeness (QED) is 0.173. The summed E-state index contributed by atoms with van der Waals surface area (Å²) >= 11 is 0. The average molecular weight is 603 g/mol. The maximum absolute atomic E-state index is 2.48. The molecule has 0 atom stereocenters. The monoisotopic (exact) mass is 602 g/mol. The van der Waals surface area contributed by atoms with Crippen LogP contribution in [-0.4, -0.2) is 0 Å². The molecule has 0 heteroatoms. The topological polar surface area (TPSA) is 0 Å². The molecule has 1 aliphatic rings. The van der Waals surface area contributed by atoms with Crippen molar-refractivity contribution in [2.45, 2.75) is 45.4 Å². The Morgan fingerprint density at radius 2 is 1.00 bits per heavy atom. The molecule has 0 N–H and O–H groups in total. The lowest BCUT2D eigenvalue weighted by molar-refractivity contribution is 0.601. The second-order valence-corrected chi connectivity index (χ2v) is 14.9. The Morgan fingerprint density at radius 3 is 1.77 bits per heavy atom. The van der Waals surface area contributed by atoms with E-state index in [0.717, 1.165) is 0 Å². The molecule has 47 heavy (non-hydrogen) atoms. The molecule has 0 saturated carbocycles. The highest BCUT2D eigenvalue weighted by molar-refractivity contribution is 6.19. The summed E-state index contributed by atoms with van der Waals surface area (Å²) in [5.74, 6) is 0. The molecule has 9 rings (SSSR count). The van der Waals surface area contributed by atoms with Crippen LogP contribution < -0.4 is 0 Å². The summed E-state index contributed by atoms with van der Waals surface area (Å²) in [7, 11) is 0. The lowest BCUT2D eigenvalue weighted by atomic mass is 9.77. The second kappa shape index (κ2) is 9.90. The summed E-state index contributed by atoms with van der Waals surface area (Å²) in [6, 6.07) is 52.4. The third kappa shape index (κ3) is 4.07. The molecular weight excluding hydrogens is 565 g/mol. The van der Waals surface area contributed by atoms with Crippen LogP contribution in [0.3, 0.4) is 0 Å². The summed E-state index contributed by atoms with van der Waals surface area (Å²) in [5.41, 5.74) is 12.0. The van der Waals surface area contributed by atoms with E-state index in [1.54, 1.807) is 0 Å². The molecule has 0 aliphatic heterocycles. The van der Waals surface area contributed by atoms with Crippen molar-refractivity contribution < 1.29 is 0 Å². The van der Waals surface area contributed by atoms with Crippen molar-refractivity contribution in [2.75, 3.05) is 0 Å². The van der Waals surface area contributed by atoms with Gasteiger partial charge in [0.05, 0.1) is 0 Å². The minimum Gasteiger partial charge on any atom is -0.0616 e. The fraction of sp³-hybridized carbons (Fsp3) is 0.149. The summed E-state index contributed by atoms with van der Waals surface area (Å²) in [6.07, 6.45) is 0. The molecule has 0 amide bonds. The van der Waals surface area contributed by atoms with Crippen LogP contribution in [0.15, 0.2) is 140 Å². The fourth-order valence-electron chi connectivity index (χ4n) is 8.59. The normalized spacial score (nSPS) is 13.8. The van der Waals surface area contributed by atoms with Gasteiger partial charge in [-0.3, -0.25) is 0 Å². The van der Waals surface area contributed by atoms with E-state index < -0.39 is 0 Å². The van der Waals surface area contributed by atoms with Crippen molar-refractivity contribution in [3.63, 3.8) is 0 Å². The number of benzene rings is 8. The van der Waals surface area contributed by atoms with Crippen LogP contribution in [0.4, 0.5) is 0 Å². The van der Waals surface area contributed by atoms with Crippen molar-refractivity contribution >= 4 is 43.1 Å². The largest absolute Gasteiger partial charge is 0.0616 e. The van der Waals surface area contributed by atoms with Gasteiger partial charge in [0.1, 0.15) is 0 Å². The molecule has 8 aromatic carbocycles. The van der Waals surface area contributed by atoms with Gasteiger partial charge in [-0.1, -0.05) is 162 Å². The lowest BCUT2D eigenvalue weighted by Crippen LogP contribution is -2.15. The first-order valence-corrected chi connectivity index (χ1v) is 16.9. The Labute approximate surface area is 277 Å². The highest BCUT2D eigenvalue weighted by Gasteiger charge is 2.36. The van der Waals surface area contributed by atoms with Gasteiger partial charge in [0.25, 0.3) is 0 Å². The third-order valence-electron chi connectivity index (χ3n) is 10.7. The smallest absolute Gasteiger partial charge is 0.0159 e. The molecule has 0 radical (unpaired) electrons. The highest BCUT2D eigenvalue weighted by Crippen LogP contribution is 2.52. The fourth-order valence-corrected chi connectivity index (χ4v) is 8.59. The Bertz CT molecular complexity index is 2570. The Kier molecular flexibility index (Phi) is 5.91. The van der Waals surface area contributed by atoms with E-state index in [1.807, 2.05) is 0 Å². The summed E-state index contributed by atoms with van der Waals surface area (Å²) in [4.78, 5) is 0. The van der Waals surface area contributed by atoms with Gasteiger partial charge in [0.15, 0.2) is 0 Å². The molecule has 0 heterocycles. The van der Waals surface area contributed by atoms with Gasteiger partial charge in [-0.05, 0) is 111 Å². The zero-order valence-electron chi connectivity index (χ0n) is 27.8. The van der Waals surface area contributed by atoms with Crippen LogP contribution >= 0.6 is 0 Å². The van der Waals surface area contributed by atoms with Crippen LogP contribution in [0, 0.1) is 0 Å². The number of rotatable bonds is 2. The van der Waals surface area contributed by atoms with Gasteiger partial charge in [-0.25, -0.2) is 0 Å². The van der Waals surface area contributed by atoms with E-state index in [9.17, 15) is 0 Å². The first-order valence-electron chi connectivity index (χ1n) is 16.9. The Hall–Kier alpha value is -5.20. The number of fused-ring (bicyclic) bond motifs is 8. The van der Waals surface area contributed by atoms with Gasteiger partial charge in [0, 0.05) is 5.41 Å². The lowest BCUT2D eigenvalue weighted by Gasteiger charge is -2.27. The molecule has 226 valence electrons. The molecule has 0 unspecified atom stereocenters. The molecular formula is C47H38. The first kappa shape index (κ1) is 28.1. The van der Waals surface area contributed by atoms with E-state index in [-0.39, 0.29) is 10.8 Å². The average Bonchev–Trinajstić information content (AvgIpc) is 3.32. The van der Waals surface area contributed by atoms with Crippen molar-refractivity contribution in [3.8, 4) is 33.4 Å². The summed E-state index contributed by atoms with van der Waals surface area (Å²) in [6.45, 7) is 11.8. The van der Waals surface area contributed by atoms with Crippen molar-refractivity contribution in [1.29, 1.82) is 0 Å². The van der Waals surface area contributed by atoms with Gasteiger partial charge in [-0.2, -0.15) is 0 Å². The van der Waals surface area contributed by atoms with Gasteiger partial charge in [-0.15, -0.1) is 0 Å². The van der Waals surface area contributed by atoms with E-state index >= 15 is 0 Å². The maximum Gasteiger partial charge on any atom is 0.0159 e. The van der Waals surface area contributed by atoms with Crippen molar-refractivity contribution in [1.82, 2.24) is 0 Å². The predicted molar refractivity (Wildman–Crippen MR) is 204 cm³/mol. The zero-order chi connectivity index (χ0) is 32.1. The highest BCUT2D eigenvalue weighted by atomic mass is 14.4. The number of hydrogen-bond acceptors (Lipinski definition) is 0. The van der Waals surface area contributed by atoms with Gasteiger partial charge in [0.2, 0.25) is 0 Å². The minimum absolute atomic E-state index is 0.0452. The van der Waals surface area contributed by atoms with Crippen LogP contribution in [0.2, 0.25) is 0 Å². The molecule has 0 aromatic heterocycles. The summed E-state index contributed by atoms with van der Waals surface area (Å²) in [5, 5.41) is 10.5. The van der Waals surface area contributed by atoms with E-state index in [1.165, 1.54) is 93.2 Å². The zero-order valence-corrected chi connectivity index (χ0v) is 27.8. The van der Waals surface area contributed by atoms with E-state index in [0.29, 0.717) is 0 Å². The molecule has 0 bridgehead atoms. The molecule has 1 aliphatic carbocycles. The van der Waals surface area contributed by atoms with Crippen LogP contribution in [0.1, 0.15) is 51.3 Å². The second-order valence-electron chi connectivity index (χ2n) is 14.9. The van der Waals surface area contributed by atoms with Crippen molar-refractivity contribution in [2.24, 2.45) is 0 Å². The van der Waals surface area contributed by atoms with Crippen LogP contribution in [0.25, 0.3) is 76.5 Å². The predicted octanol–water partition coefficient (Wildman–Crippen LogP) is 13.2. The van der Waals surface area contributed by atoms with Gasteiger partial charge < -0.3 is 0 Å². The summed E-state index contributed by atoms with van der Waals surface area (Å²) < 4.78 is 0. The first-order chi connectivity index (χ1) is 22.7. The van der Waals surface area contributed by atoms with E-state index in [4.69, 9.17) is 0 Å². The minimum atomic E-state index is -0.0735. The maximum atomic E-state index is 2.48. The van der Waals surface area contributed by atoms with Gasteiger partial charge >= 0.3 is 0 Å². The van der Waals surface area contributed by atoms with Crippen molar-refractivity contribution in [3.05, 3.63) is 156 Å². The molecule has 0 nitrogen and oxygen atoms in total. The Balaban J connectivity index is 1.32. The number of hydrogen-bond donors (Lipinski definition) is 0. The van der Waals surface area contributed by atoms with Crippen LogP contribution in [-0.2, 0) is 10.8 Å². The van der Waals surface area contributed by atoms with Crippen LogP contribution in [0.5, 0.6) is 0 Å². The molecule has 8 aromatic rings.